The fourth-order valence-corrected chi connectivity index (χ4v) is 13.6. The largest absolute Gasteiger partial charge is 0.489 e. The van der Waals surface area contributed by atoms with Gasteiger partial charge in [0.15, 0.2) is 0 Å². The Labute approximate surface area is 357 Å². The van der Waals surface area contributed by atoms with Crippen LogP contribution in [0.5, 0.6) is 11.8 Å². The first kappa shape index (κ1) is 41.5. The van der Waals surface area contributed by atoms with Crippen molar-refractivity contribution in [1.29, 1.82) is 0 Å². The molecule has 1 N–H and O–H groups in total. The predicted octanol–water partition coefficient (Wildman–Crippen LogP) is 7.46. The summed E-state index contributed by atoms with van der Waals surface area (Å²) in [5.74, 6) is 1.86. The number of fused-ring (bicyclic) bond motifs is 2. The molecule has 60 heavy (non-hydrogen) atoms. The fourth-order valence-electron chi connectivity index (χ4n) is 8.97. The molecule has 6 aromatic rings. The van der Waals surface area contributed by atoms with Crippen LogP contribution in [0.4, 0.5) is 11.5 Å². The summed E-state index contributed by atoms with van der Waals surface area (Å²) < 4.78 is 20.2. The highest BCUT2D eigenvalue weighted by atomic mass is 28.4. The molecule has 1 saturated heterocycles. The van der Waals surface area contributed by atoms with Crippen molar-refractivity contribution in [2.45, 2.75) is 57.8 Å². The van der Waals surface area contributed by atoms with Crippen molar-refractivity contribution in [3.05, 3.63) is 144 Å². The van der Waals surface area contributed by atoms with Crippen LogP contribution >= 0.6 is 0 Å². The van der Waals surface area contributed by atoms with E-state index in [0.717, 1.165) is 79.5 Å². The van der Waals surface area contributed by atoms with Gasteiger partial charge in [-0.05, 0) is 59.4 Å². The van der Waals surface area contributed by atoms with Crippen molar-refractivity contribution in [2.75, 3.05) is 69.8 Å². The first-order chi connectivity index (χ1) is 29.2. The van der Waals surface area contributed by atoms with Crippen molar-refractivity contribution in [1.82, 2.24) is 20.2 Å². The van der Waals surface area contributed by atoms with E-state index in [1.165, 1.54) is 21.3 Å². The van der Waals surface area contributed by atoms with Gasteiger partial charge in [0.25, 0.3) is 8.32 Å². The van der Waals surface area contributed by atoms with E-state index in [9.17, 15) is 0 Å². The molecule has 2 aliphatic heterocycles. The first-order valence-electron chi connectivity index (χ1n) is 21.5. The zero-order chi connectivity index (χ0) is 41.5. The summed E-state index contributed by atoms with van der Waals surface area (Å²) >= 11 is 0. The molecule has 0 spiro atoms. The van der Waals surface area contributed by atoms with E-state index in [-0.39, 0.29) is 11.1 Å². The minimum atomic E-state index is -2.68. The zero-order valence-corrected chi connectivity index (χ0v) is 36.9. The van der Waals surface area contributed by atoms with Crippen LogP contribution in [-0.4, -0.2) is 89.3 Å². The molecule has 1 aromatic heterocycles. The maximum atomic E-state index is 7.42. The lowest BCUT2D eigenvalue weighted by Gasteiger charge is -2.44. The Morgan fingerprint density at radius 1 is 0.783 bits per heavy atom. The summed E-state index contributed by atoms with van der Waals surface area (Å²) in [7, 11) is 1.43. The second kappa shape index (κ2) is 18.6. The molecule has 2 aliphatic rings. The number of nitrogens with zero attached hydrogens (tertiary/aromatic N) is 5. The molecule has 0 aliphatic carbocycles. The molecule has 3 heterocycles. The summed E-state index contributed by atoms with van der Waals surface area (Å²) in [5.41, 5.74) is 4.53. The maximum absolute atomic E-state index is 7.42. The van der Waals surface area contributed by atoms with E-state index in [1.54, 1.807) is 0 Å². The SMILES string of the molecule is CN(C)CCOc1nc2c(c(N3CCNC[C@@H]3CCO[Si](c3ccccc3)(c3ccccc3)C(C)(C)C)n1)CCN(c1cc(OCc3ccccc3)cc3ccccc13)C2. The monoisotopic (exact) mass is 820 g/mol. The van der Waals surface area contributed by atoms with Gasteiger partial charge >= 0.3 is 6.01 Å². The topological polar surface area (TPSA) is 75.2 Å². The third kappa shape index (κ3) is 9.07. The molecular formula is C50H60N6O3Si. The highest BCUT2D eigenvalue weighted by molar-refractivity contribution is 6.99. The lowest BCUT2D eigenvalue weighted by Crippen LogP contribution is -2.66. The number of hydrogen-bond donors (Lipinski definition) is 1. The number of ether oxygens (including phenoxy) is 2. The van der Waals surface area contributed by atoms with Crippen molar-refractivity contribution in [3.63, 3.8) is 0 Å². The van der Waals surface area contributed by atoms with E-state index in [4.69, 9.17) is 23.9 Å². The van der Waals surface area contributed by atoms with Crippen molar-refractivity contribution < 1.29 is 13.9 Å². The minimum absolute atomic E-state index is 0.0878. The molecule has 9 nitrogen and oxygen atoms in total. The third-order valence-electron chi connectivity index (χ3n) is 12.0. The van der Waals surface area contributed by atoms with E-state index in [1.807, 2.05) is 6.07 Å². The Morgan fingerprint density at radius 2 is 1.47 bits per heavy atom. The summed E-state index contributed by atoms with van der Waals surface area (Å²) in [5, 5.41) is 8.58. The smallest absolute Gasteiger partial charge is 0.318 e. The van der Waals surface area contributed by atoms with Gasteiger partial charge in [0.2, 0.25) is 0 Å². The predicted molar refractivity (Wildman–Crippen MR) is 248 cm³/mol. The highest BCUT2D eigenvalue weighted by Gasteiger charge is 2.50. The lowest BCUT2D eigenvalue weighted by atomic mass is 10.0. The van der Waals surface area contributed by atoms with Gasteiger partial charge in [-0.25, -0.2) is 0 Å². The summed E-state index contributed by atoms with van der Waals surface area (Å²) in [4.78, 5) is 17.5. The van der Waals surface area contributed by atoms with Crippen LogP contribution in [0.25, 0.3) is 10.8 Å². The van der Waals surface area contributed by atoms with Crippen molar-refractivity contribution in [2.24, 2.45) is 0 Å². The highest BCUT2D eigenvalue weighted by Crippen LogP contribution is 2.39. The maximum Gasteiger partial charge on any atom is 0.318 e. The number of piperazine rings is 1. The molecule has 5 aromatic carbocycles. The molecule has 1 atom stereocenters. The van der Waals surface area contributed by atoms with Crippen LogP contribution in [0.2, 0.25) is 5.04 Å². The Hall–Kier alpha value is -5.26. The number of anilines is 2. The van der Waals surface area contributed by atoms with Crippen LogP contribution < -0.4 is 35.0 Å². The van der Waals surface area contributed by atoms with Crippen molar-refractivity contribution in [3.8, 4) is 11.8 Å². The van der Waals surface area contributed by atoms with Crippen LogP contribution in [0.3, 0.4) is 0 Å². The van der Waals surface area contributed by atoms with Crippen LogP contribution in [0, 0.1) is 0 Å². The summed E-state index contributed by atoms with van der Waals surface area (Å²) in [6, 6.07) is 45.8. The van der Waals surface area contributed by atoms with E-state index in [2.05, 4.69) is 176 Å². The molecule has 312 valence electrons. The number of nitrogens with one attached hydrogen (secondary N) is 1. The fraction of sp³-hybridized carbons (Fsp3) is 0.360. The van der Waals surface area contributed by atoms with Gasteiger partial charge in [-0.3, -0.25) is 0 Å². The third-order valence-corrected chi connectivity index (χ3v) is 17.0. The Balaban J connectivity index is 1.09. The average Bonchev–Trinajstić information content (AvgIpc) is 3.27. The normalized spacial score (nSPS) is 15.9. The number of likely N-dealkylation sites (N-methyl/N-ethyl adjacent to an activating group) is 1. The number of benzene rings is 5. The molecule has 0 unspecified atom stereocenters. The van der Waals surface area contributed by atoms with Gasteiger partial charge < -0.3 is 33.9 Å². The Bertz CT molecular complexity index is 2280. The van der Waals surface area contributed by atoms with Crippen LogP contribution in [-0.2, 0) is 24.0 Å². The van der Waals surface area contributed by atoms with Crippen LogP contribution in [0.15, 0.2) is 127 Å². The van der Waals surface area contributed by atoms with E-state index < -0.39 is 8.32 Å². The van der Waals surface area contributed by atoms with Gasteiger partial charge in [-0.15, -0.1) is 0 Å². The number of rotatable bonds is 15. The molecule has 1 fully saturated rings. The summed E-state index contributed by atoms with van der Waals surface area (Å²) in [6.45, 7) is 13.6. The van der Waals surface area contributed by atoms with E-state index >= 15 is 0 Å². The number of hydrogen-bond acceptors (Lipinski definition) is 9. The second-order valence-corrected chi connectivity index (χ2v) is 21.7. The zero-order valence-electron chi connectivity index (χ0n) is 35.9. The number of aromatic nitrogens is 2. The Morgan fingerprint density at radius 3 is 2.17 bits per heavy atom. The van der Waals surface area contributed by atoms with Gasteiger partial charge in [0.05, 0.1) is 12.2 Å². The molecule has 0 amide bonds. The van der Waals surface area contributed by atoms with E-state index in [0.29, 0.717) is 32.4 Å². The molecule has 0 radical (unpaired) electrons. The average molecular weight is 821 g/mol. The lowest BCUT2D eigenvalue weighted by molar-refractivity contribution is 0.244. The van der Waals surface area contributed by atoms with Crippen LogP contribution in [0.1, 0.15) is 44.0 Å². The first-order valence-corrected chi connectivity index (χ1v) is 23.4. The summed E-state index contributed by atoms with van der Waals surface area (Å²) in [6.07, 6.45) is 1.68. The quantitative estimate of drug-likeness (QED) is 0.106. The van der Waals surface area contributed by atoms with Gasteiger partial charge in [0, 0.05) is 68.1 Å². The van der Waals surface area contributed by atoms with Gasteiger partial charge in [-0.2, -0.15) is 9.97 Å². The molecule has 0 saturated carbocycles. The second-order valence-electron chi connectivity index (χ2n) is 17.4. The molecule has 8 rings (SSSR count). The standard InChI is InChI=1S/C50H60N6O3Si/c1-50(2,3)60(42-20-11-7-12-21-42,43-22-13-8-14-23-43)59-31-26-40-35-51-27-29-56(40)48-45-25-28-55(36-46(45)52-49(53-48)57-32-30-54(4)5)47-34-41(33-39-19-15-16-24-44(39)47)58-37-38-17-9-6-10-18-38/h6-24,33-34,40,51H,25-32,35-37H2,1-5H3/t40-/m0/s1. The Kier molecular flexibility index (Phi) is 12.8. The van der Waals surface area contributed by atoms with Gasteiger partial charge in [-0.1, -0.05) is 136 Å². The van der Waals surface area contributed by atoms with Gasteiger partial charge in [0.1, 0.15) is 24.8 Å². The molecule has 0 bridgehead atoms. The molecule has 10 heteroatoms. The minimum Gasteiger partial charge on any atom is -0.489 e. The molecular weight excluding hydrogens is 761 g/mol. The van der Waals surface area contributed by atoms with Crippen molar-refractivity contribution >= 4 is 41.0 Å².